The molecule has 1 unspecified atom stereocenters. The Labute approximate surface area is 133 Å². The molecule has 1 atom stereocenters. The van der Waals surface area contributed by atoms with E-state index in [0.717, 1.165) is 12.1 Å². The molecule has 1 aromatic heterocycles. The quantitative estimate of drug-likeness (QED) is 0.811. The van der Waals surface area contributed by atoms with E-state index in [-0.39, 0.29) is 17.7 Å². The molecule has 0 saturated heterocycles. The molecule has 1 aromatic carbocycles. The van der Waals surface area contributed by atoms with Gasteiger partial charge in [0.25, 0.3) is 5.91 Å². The van der Waals surface area contributed by atoms with E-state index in [1.807, 2.05) is 0 Å². The maximum absolute atomic E-state index is 14.0. The number of halogens is 4. The first-order valence-electron chi connectivity index (χ1n) is 6.89. The minimum atomic E-state index is -4.80. The second-order valence-corrected chi connectivity index (χ2v) is 4.89. The molecule has 1 amide bonds. The highest BCUT2D eigenvalue weighted by molar-refractivity contribution is 5.94. The number of rotatable bonds is 5. The molecule has 0 fully saturated rings. The number of carbonyl (C=O) groups excluding carboxylic acids is 1. The van der Waals surface area contributed by atoms with E-state index >= 15 is 0 Å². The van der Waals surface area contributed by atoms with Crippen molar-refractivity contribution in [3.63, 3.8) is 0 Å². The molecule has 0 radical (unpaired) electrons. The minimum Gasteiger partial charge on any atom is -0.391 e. The number of carbonyl (C=O) groups is 1. The average molecular weight is 347 g/mol. The molecule has 2 N–H and O–H groups in total. The summed E-state index contributed by atoms with van der Waals surface area (Å²) in [6, 6.07) is 3.11. The summed E-state index contributed by atoms with van der Waals surface area (Å²) in [4.78, 5) is 14.9. The standard InChI is InChI=1S/C14H13F4N3O3/c1-2-8(22)6-19-12(23)9-4-3-7(5-10(9)15)11-20-13(24-21-11)14(16,17)18/h3-5,8,22H,2,6H2,1H3,(H,19,23). The first kappa shape index (κ1) is 17.9. The number of aliphatic hydroxyl groups excluding tert-OH is 1. The lowest BCUT2D eigenvalue weighted by Gasteiger charge is -2.10. The Balaban J connectivity index is 2.17. The van der Waals surface area contributed by atoms with Gasteiger partial charge in [0.1, 0.15) is 5.82 Å². The lowest BCUT2D eigenvalue weighted by Crippen LogP contribution is -2.32. The number of hydrogen-bond acceptors (Lipinski definition) is 5. The van der Waals surface area contributed by atoms with Gasteiger partial charge in [-0.05, 0) is 18.6 Å². The van der Waals surface area contributed by atoms with Gasteiger partial charge in [0.05, 0.1) is 11.7 Å². The number of alkyl halides is 3. The Morgan fingerprint density at radius 1 is 1.42 bits per heavy atom. The number of benzene rings is 1. The zero-order chi connectivity index (χ0) is 17.9. The highest BCUT2D eigenvalue weighted by Crippen LogP contribution is 2.29. The highest BCUT2D eigenvalue weighted by atomic mass is 19.4. The Kier molecular flexibility index (Phi) is 5.17. The largest absolute Gasteiger partial charge is 0.471 e. The van der Waals surface area contributed by atoms with Crippen molar-refractivity contribution >= 4 is 5.91 Å². The fraction of sp³-hybridized carbons (Fsp3) is 0.357. The molecule has 0 aliphatic carbocycles. The van der Waals surface area contributed by atoms with E-state index < -0.39 is 35.7 Å². The van der Waals surface area contributed by atoms with Crippen LogP contribution in [0.4, 0.5) is 17.6 Å². The van der Waals surface area contributed by atoms with Gasteiger partial charge in [-0.2, -0.15) is 18.2 Å². The zero-order valence-electron chi connectivity index (χ0n) is 12.4. The zero-order valence-corrected chi connectivity index (χ0v) is 12.4. The normalized spacial score (nSPS) is 12.9. The number of aliphatic hydroxyl groups is 1. The van der Waals surface area contributed by atoms with Gasteiger partial charge < -0.3 is 14.9 Å². The van der Waals surface area contributed by atoms with Crippen LogP contribution in [0.5, 0.6) is 0 Å². The van der Waals surface area contributed by atoms with Crippen molar-refractivity contribution in [2.45, 2.75) is 25.6 Å². The van der Waals surface area contributed by atoms with Crippen molar-refractivity contribution < 1.29 is 32.0 Å². The van der Waals surface area contributed by atoms with Crippen molar-refractivity contribution in [3.8, 4) is 11.4 Å². The molecule has 2 rings (SSSR count). The summed E-state index contributed by atoms with van der Waals surface area (Å²) < 4.78 is 55.3. The van der Waals surface area contributed by atoms with Gasteiger partial charge in [0, 0.05) is 12.1 Å². The van der Waals surface area contributed by atoms with Gasteiger partial charge in [0.15, 0.2) is 0 Å². The smallest absolute Gasteiger partial charge is 0.391 e. The lowest BCUT2D eigenvalue weighted by molar-refractivity contribution is -0.159. The summed E-state index contributed by atoms with van der Waals surface area (Å²) >= 11 is 0. The summed E-state index contributed by atoms with van der Waals surface area (Å²) in [7, 11) is 0. The summed E-state index contributed by atoms with van der Waals surface area (Å²) in [5.74, 6) is -3.71. The van der Waals surface area contributed by atoms with E-state index in [2.05, 4.69) is 20.0 Å². The van der Waals surface area contributed by atoms with Crippen molar-refractivity contribution in [2.24, 2.45) is 0 Å². The number of aromatic nitrogens is 2. The molecule has 0 spiro atoms. The number of hydrogen-bond donors (Lipinski definition) is 2. The first-order valence-corrected chi connectivity index (χ1v) is 6.89. The molecular weight excluding hydrogens is 334 g/mol. The van der Waals surface area contributed by atoms with Gasteiger partial charge in [-0.25, -0.2) is 4.39 Å². The van der Waals surface area contributed by atoms with Crippen LogP contribution in [0.1, 0.15) is 29.6 Å². The molecule has 130 valence electrons. The van der Waals surface area contributed by atoms with E-state index in [4.69, 9.17) is 0 Å². The van der Waals surface area contributed by atoms with E-state index in [0.29, 0.717) is 6.42 Å². The SMILES string of the molecule is CCC(O)CNC(=O)c1ccc(-c2noc(C(F)(F)F)n2)cc1F. The third-order valence-electron chi connectivity index (χ3n) is 3.11. The van der Waals surface area contributed by atoms with Gasteiger partial charge >= 0.3 is 12.1 Å². The average Bonchev–Trinajstić information content (AvgIpc) is 3.02. The number of nitrogens with one attached hydrogen (secondary N) is 1. The van der Waals surface area contributed by atoms with E-state index in [1.54, 1.807) is 6.92 Å². The second-order valence-electron chi connectivity index (χ2n) is 4.89. The monoisotopic (exact) mass is 347 g/mol. The van der Waals surface area contributed by atoms with E-state index in [9.17, 15) is 27.5 Å². The Morgan fingerprint density at radius 2 is 2.12 bits per heavy atom. The van der Waals surface area contributed by atoms with Crippen LogP contribution in [0, 0.1) is 5.82 Å². The van der Waals surface area contributed by atoms with Gasteiger partial charge in [0.2, 0.25) is 5.82 Å². The predicted molar refractivity (Wildman–Crippen MR) is 73.3 cm³/mol. The molecule has 0 saturated carbocycles. The van der Waals surface area contributed by atoms with Crippen LogP contribution >= 0.6 is 0 Å². The fourth-order valence-electron chi connectivity index (χ4n) is 1.74. The van der Waals surface area contributed by atoms with Crippen molar-refractivity contribution in [1.82, 2.24) is 15.5 Å². The summed E-state index contributed by atoms with van der Waals surface area (Å²) in [5.41, 5.74) is -0.390. The summed E-state index contributed by atoms with van der Waals surface area (Å²) in [6.07, 6.45) is -5.14. The van der Waals surface area contributed by atoms with Crippen molar-refractivity contribution in [1.29, 1.82) is 0 Å². The third-order valence-corrected chi connectivity index (χ3v) is 3.11. The molecule has 10 heteroatoms. The van der Waals surface area contributed by atoms with Gasteiger partial charge in [-0.1, -0.05) is 18.1 Å². The molecule has 24 heavy (non-hydrogen) atoms. The lowest BCUT2D eigenvalue weighted by atomic mass is 10.1. The molecule has 2 aromatic rings. The van der Waals surface area contributed by atoms with Crippen LogP contribution < -0.4 is 5.32 Å². The van der Waals surface area contributed by atoms with Crippen LogP contribution in [-0.4, -0.2) is 33.8 Å². The molecule has 0 aliphatic heterocycles. The number of nitrogens with zero attached hydrogens (tertiary/aromatic N) is 2. The molecule has 6 nitrogen and oxygen atoms in total. The summed E-state index contributed by atoms with van der Waals surface area (Å²) in [6.45, 7) is 1.67. The fourth-order valence-corrected chi connectivity index (χ4v) is 1.74. The second kappa shape index (κ2) is 6.95. The van der Waals surface area contributed by atoms with Gasteiger partial charge in [-0.15, -0.1) is 0 Å². The molecular formula is C14H13F4N3O3. The van der Waals surface area contributed by atoms with Crippen molar-refractivity contribution in [3.05, 3.63) is 35.5 Å². The van der Waals surface area contributed by atoms with Crippen LogP contribution in [0.3, 0.4) is 0 Å². The minimum absolute atomic E-state index is 0.0453. The van der Waals surface area contributed by atoms with Gasteiger partial charge in [-0.3, -0.25) is 4.79 Å². The Hall–Kier alpha value is -2.49. The highest BCUT2D eigenvalue weighted by Gasteiger charge is 2.38. The van der Waals surface area contributed by atoms with Crippen LogP contribution in [-0.2, 0) is 6.18 Å². The third kappa shape index (κ3) is 4.07. The van der Waals surface area contributed by atoms with Crippen molar-refractivity contribution in [2.75, 3.05) is 6.54 Å². The molecule has 0 aliphatic rings. The number of amides is 1. The molecule has 0 bridgehead atoms. The topological polar surface area (TPSA) is 88.2 Å². The van der Waals surface area contributed by atoms with Crippen LogP contribution in [0.25, 0.3) is 11.4 Å². The summed E-state index contributed by atoms with van der Waals surface area (Å²) in [5, 5.41) is 14.8. The maximum Gasteiger partial charge on any atom is 0.471 e. The van der Waals surface area contributed by atoms with E-state index in [1.165, 1.54) is 6.07 Å². The van der Waals surface area contributed by atoms with Crippen LogP contribution in [0.2, 0.25) is 0 Å². The molecule has 1 heterocycles. The Bertz CT molecular complexity index is 730. The first-order chi connectivity index (χ1) is 11.2. The Morgan fingerprint density at radius 3 is 2.67 bits per heavy atom. The maximum atomic E-state index is 14.0. The predicted octanol–water partition coefficient (Wildman–Crippen LogP) is 2.40. The van der Waals surface area contributed by atoms with Crippen LogP contribution in [0.15, 0.2) is 22.7 Å².